The van der Waals surface area contributed by atoms with Gasteiger partial charge >= 0.3 is 0 Å². The Kier molecular flexibility index (Phi) is 9.40. The smallest absolute Gasteiger partial charge is 0.243 e. The lowest BCUT2D eigenvalue weighted by Gasteiger charge is -2.32. The SMILES string of the molecule is CC(C)NC(=O)[C@H](Cc1ccccc1)N(Cc1ccc(Cl)c(Cl)c1)C(=O)Cc1cccc(Cl)c1. The topological polar surface area (TPSA) is 49.4 Å². The molecule has 0 aromatic heterocycles. The number of hydrogen-bond donors (Lipinski definition) is 1. The molecule has 0 saturated carbocycles. The molecule has 2 amide bonds. The Balaban J connectivity index is 1.99. The van der Waals surface area contributed by atoms with Gasteiger partial charge in [0.25, 0.3) is 0 Å². The molecule has 0 fully saturated rings. The average molecular weight is 518 g/mol. The molecule has 34 heavy (non-hydrogen) atoms. The normalized spacial score (nSPS) is 11.8. The molecule has 1 N–H and O–H groups in total. The summed E-state index contributed by atoms with van der Waals surface area (Å²) in [7, 11) is 0. The summed E-state index contributed by atoms with van der Waals surface area (Å²) < 4.78 is 0. The lowest BCUT2D eigenvalue weighted by Crippen LogP contribution is -2.52. The highest BCUT2D eigenvalue weighted by Gasteiger charge is 2.30. The quantitative estimate of drug-likeness (QED) is 0.359. The molecule has 1 atom stereocenters. The number of amides is 2. The van der Waals surface area contributed by atoms with Gasteiger partial charge in [-0.05, 0) is 54.8 Å². The summed E-state index contributed by atoms with van der Waals surface area (Å²) in [5.74, 6) is -0.397. The Morgan fingerprint density at radius 3 is 2.18 bits per heavy atom. The predicted octanol–water partition coefficient (Wildman–Crippen LogP) is 6.35. The van der Waals surface area contributed by atoms with Crippen molar-refractivity contribution in [2.24, 2.45) is 0 Å². The number of rotatable bonds is 9. The maximum atomic E-state index is 13.6. The van der Waals surface area contributed by atoms with Crippen LogP contribution in [0.1, 0.15) is 30.5 Å². The summed E-state index contributed by atoms with van der Waals surface area (Å²) >= 11 is 18.5. The average Bonchev–Trinajstić information content (AvgIpc) is 2.78. The highest BCUT2D eigenvalue weighted by Crippen LogP contribution is 2.25. The molecule has 0 saturated heterocycles. The summed E-state index contributed by atoms with van der Waals surface area (Å²) in [5, 5.41) is 4.36. The molecule has 0 aliphatic rings. The van der Waals surface area contributed by atoms with Crippen LogP contribution in [0.15, 0.2) is 72.8 Å². The van der Waals surface area contributed by atoms with Gasteiger partial charge < -0.3 is 10.2 Å². The van der Waals surface area contributed by atoms with Crippen molar-refractivity contribution in [3.63, 3.8) is 0 Å². The van der Waals surface area contributed by atoms with Crippen molar-refractivity contribution in [2.45, 2.75) is 45.3 Å². The number of hydrogen-bond acceptors (Lipinski definition) is 2. The van der Waals surface area contributed by atoms with Crippen LogP contribution in [0.25, 0.3) is 0 Å². The molecule has 3 aromatic rings. The van der Waals surface area contributed by atoms with E-state index in [2.05, 4.69) is 5.32 Å². The summed E-state index contributed by atoms with van der Waals surface area (Å²) in [4.78, 5) is 28.6. The van der Waals surface area contributed by atoms with Crippen molar-refractivity contribution in [1.29, 1.82) is 0 Å². The molecule has 3 aromatic carbocycles. The van der Waals surface area contributed by atoms with Crippen LogP contribution in [0, 0.1) is 0 Å². The standard InChI is InChI=1S/C27H27Cl3N2O2/c1-18(2)31-27(34)25(15-19-7-4-3-5-8-19)32(17-21-11-12-23(29)24(30)14-21)26(33)16-20-9-6-10-22(28)13-20/h3-14,18,25H,15-17H2,1-2H3,(H,31,34)/t25-/m0/s1. The summed E-state index contributed by atoms with van der Waals surface area (Å²) in [5.41, 5.74) is 2.52. The third-order valence-corrected chi connectivity index (χ3v) is 6.26. The molecule has 0 heterocycles. The predicted molar refractivity (Wildman–Crippen MR) is 139 cm³/mol. The fraction of sp³-hybridized carbons (Fsp3) is 0.259. The molecule has 0 spiro atoms. The van der Waals surface area contributed by atoms with Gasteiger partial charge in [-0.25, -0.2) is 0 Å². The van der Waals surface area contributed by atoms with Crippen LogP contribution in [0.5, 0.6) is 0 Å². The number of carbonyl (C=O) groups excluding carboxylic acids is 2. The second-order valence-electron chi connectivity index (χ2n) is 8.45. The zero-order valence-corrected chi connectivity index (χ0v) is 21.4. The van der Waals surface area contributed by atoms with Gasteiger partial charge in [-0.2, -0.15) is 0 Å². The van der Waals surface area contributed by atoms with Crippen LogP contribution >= 0.6 is 34.8 Å². The minimum absolute atomic E-state index is 0.0689. The molecule has 3 rings (SSSR count). The van der Waals surface area contributed by atoms with Gasteiger partial charge in [-0.1, -0.05) is 83.3 Å². The molecule has 7 heteroatoms. The summed E-state index contributed by atoms with van der Waals surface area (Å²) in [6, 6.07) is 21.3. The van der Waals surface area contributed by atoms with Crippen molar-refractivity contribution in [3.05, 3.63) is 105 Å². The van der Waals surface area contributed by atoms with Gasteiger partial charge in [0.1, 0.15) is 6.04 Å². The van der Waals surface area contributed by atoms with Gasteiger partial charge in [0.2, 0.25) is 11.8 Å². The highest BCUT2D eigenvalue weighted by atomic mass is 35.5. The van der Waals surface area contributed by atoms with Gasteiger partial charge in [-0.3, -0.25) is 9.59 Å². The van der Waals surface area contributed by atoms with E-state index in [1.165, 1.54) is 0 Å². The van der Waals surface area contributed by atoms with E-state index in [0.717, 1.165) is 16.7 Å². The molecule has 178 valence electrons. The second-order valence-corrected chi connectivity index (χ2v) is 9.70. The van der Waals surface area contributed by atoms with Gasteiger partial charge in [0, 0.05) is 24.0 Å². The Morgan fingerprint density at radius 2 is 1.53 bits per heavy atom. The molecular weight excluding hydrogens is 491 g/mol. The summed E-state index contributed by atoms with van der Waals surface area (Å²) in [6.07, 6.45) is 0.490. The van der Waals surface area contributed by atoms with Gasteiger partial charge in [-0.15, -0.1) is 0 Å². The van der Waals surface area contributed by atoms with Gasteiger partial charge in [0.05, 0.1) is 16.5 Å². The Labute approximate surface area is 215 Å². The van der Waals surface area contributed by atoms with Gasteiger partial charge in [0.15, 0.2) is 0 Å². The van der Waals surface area contributed by atoms with E-state index in [9.17, 15) is 9.59 Å². The molecule has 0 bridgehead atoms. The Hall–Kier alpha value is -2.53. The highest BCUT2D eigenvalue weighted by molar-refractivity contribution is 6.42. The van der Waals surface area contributed by atoms with E-state index in [4.69, 9.17) is 34.8 Å². The minimum Gasteiger partial charge on any atom is -0.352 e. The number of benzene rings is 3. The molecule has 0 radical (unpaired) electrons. The third-order valence-electron chi connectivity index (χ3n) is 5.28. The Morgan fingerprint density at radius 1 is 0.824 bits per heavy atom. The summed E-state index contributed by atoms with van der Waals surface area (Å²) in [6.45, 7) is 4.00. The second kappa shape index (κ2) is 12.3. The van der Waals surface area contributed by atoms with Crippen molar-refractivity contribution in [2.75, 3.05) is 0 Å². The van der Waals surface area contributed by atoms with Crippen LogP contribution in [-0.4, -0.2) is 28.8 Å². The van der Waals surface area contributed by atoms with E-state index in [1.807, 2.05) is 56.3 Å². The van der Waals surface area contributed by atoms with E-state index < -0.39 is 6.04 Å². The third kappa shape index (κ3) is 7.49. The number of nitrogens with one attached hydrogen (secondary N) is 1. The fourth-order valence-corrected chi connectivity index (χ4v) is 4.23. The first-order valence-electron chi connectivity index (χ1n) is 11.0. The van der Waals surface area contributed by atoms with Crippen LogP contribution in [-0.2, 0) is 29.0 Å². The zero-order chi connectivity index (χ0) is 24.7. The van der Waals surface area contributed by atoms with Crippen molar-refractivity contribution in [1.82, 2.24) is 10.2 Å². The maximum Gasteiger partial charge on any atom is 0.243 e. The number of nitrogens with zero attached hydrogens (tertiary/aromatic N) is 1. The fourth-order valence-electron chi connectivity index (χ4n) is 3.69. The van der Waals surface area contributed by atoms with E-state index in [0.29, 0.717) is 21.5 Å². The van der Waals surface area contributed by atoms with Crippen molar-refractivity contribution < 1.29 is 9.59 Å². The first kappa shape index (κ1) is 26.1. The van der Waals surface area contributed by atoms with Crippen LogP contribution in [0.3, 0.4) is 0 Å². The lowest BCUT2D eigenvalue weighted by molar-refractivity contribution is -0.141. The van der Waals surface area contributed by atoms with Crippen molar-refractivity contribution >= 4 is 46.6 Å². The lowest BCUT2D eigenvalue weighted by atomic mass is 10.0. The number of halogens is 3. The van der Waals surface area contributed by atoms with Crippen LogP contribution < -0.4 is 5.32 Å². The minimum atomic E-state index is -0.717. The van der Waals surface area contributed by atoms with Crippen molar-refractivity contribution in [3.8, 4) is 0 Å². The first-order chi connectivity index (χ1) is 16.2. The molecule has 0 aliphatic heterocycles. The monoisotopic (exact) mass is 516 g/mol. The molecular formula is C27H27Cl3N2O2. The zero-order valence-electron chi connectivity index (χ0n) is 19.1. The maximum absolute atomic E-state index is 13.6. The Bertz CT molecular complexity index is 1140. The first-order valence-corrected chi connectivity index (χ1v) is 12.2. The molecule has 4 nitrogen and oxygen atoms in total. The van der Waals surface area contributed by atoms with E-state index >= 15 is 0 Å². The van der Waals surface area contributed by atoms with Crippen LogP contribution in [0.2, 0.25) is 15.1 Å². The largest absolute Gasteiger partial charge is 0.352 e. The van der Waals surface area contributed by atoms with Crippen LogP contribution in [0.4, 0.5) is 0 Å². The van der Waals surface area contributed by atoms with E-state index in [-0.39, 0.29) is 30.8 Å². The molecule has 0 unspecified atom stereocenters. The number of carbonyl (C=O) groups is 2. The molecule has 0 aliphatic carbocycles. The van der Waals surface area contributed by atoms with E-state index in [1.54, 1.807) is 35.2 Å².